The van der Waals surface area contributed by atoms with Crippen molar-refractivity contribution in [2.75, 3.05) is 4.31 Å². The molecular formula is C22H20F3N3O4S. The number of anilines is 1. The average Bonchev–Trinajstić information content (AvgIpc) is 3.17. The molecule has 7 nitrogen and oxygen atoms in total. The molecule has 4 rings (SSSR count). The molecule has 2 unspecified atom stereocenters. The predicted molar refractivity (Wildman–Crippen MR) is 116 cm³/mol. The summed E-state index contributed by atoms with van der Waals surface area (Å²) in [5, 5.41) is 13.2. The molecule has 0 amide bonds. The van der Waals surface area contributed by atoms with Gasteiger partial charge in [0.2, 0.25) is 0 Å². The number of hydrogen-bond acceptors (Lipinski definition) is 3. The van der Waals surface area contributed by atoms with E-state index in [1.54, 1.807) is 30.3 Å². The third-order valence-corrected chi connectivity index (χ3v) is 6.41. The van der Waals surface area contributed by atoms with E-state index in [4.69, 9.17) is 5.11 Å². The van der Waals surface area contributed by atoms with Crippen LogP contribution in [0, 0.1) is 0 Å². The average molecular weight is 479 g/mol. The smallest absolute Gasteiger partial charge is 0.416 e. The number of carboxylic acids is 1. The third kappa shape index (κ3) is 4.79. The molecule has 11 heteroatoms. The molecule has 0 radical (unpaired) electrons. The molecule has 0 saturated heterocycles. The van der Waals surface area contributed by atoms with Gasteiger partial charge >= 0.3 is 12.1 Å². The zero-order valence-electron chi connectivity index (χ0n) is 17.2. The van der Waals surface area contributed by atoms with Gasteiger partial charge in [-0.2, -0.15) is 18.3 Å². The van der Waals surface area contributed by atoms with Gasteiger partial charge in [0.1, 0.15) is 6.54 Å². The van der Waals surface area contributed by atoms with Gasteiger partial charge in [0.05, 0.1) is 23.5 Å². The summed E-state index contributed by atoms with van der Waals surface area (Å²) < 4.78 is 64.1. The van der Waals surface area contributed by atoms with E-state index >= 15 is 0 Å². The molecule has 174 valence electrons. The lowest BCUT2D eigenvalue weighted by molar-refractivity contribution is -0.138. The number of fused-ring (bicyclic) bond motifs is 1. The van der Waals surface area contributed by atoms with Crippen molar-refractivity contribution in [2.45, 2.75) is 38.0 Å². The predicted octanol–water partition coefficient (Wildman–Crippen LogP) is 4.67. The molecule has 0 spiro atoms. The van der Waals surface area contributed by atoms with E-state index in [0.29, 0.717) is 47.3 Å². The summed E-state index contributed by atoms with van der Waals surface area (Å²) in [6, 6.07) is 10.8. The fraction of sp³-hybridized carbons (Fsp3) is 0.273. The maximum atomic E-state index is 13.0. The first kappa shape index (κ1) is 23.0. The van der Waals surface area contributed by atoms with Crippen molar-refractivity contribution in [3.05, 3.63) is 71.5 Å². The van der Waals surface area contributed by atoms with Crippen LogP contribution in [0.2, 0.25) is 0 Å². The highest BCUT2D eigenvalue weighted by Crippen LogP contribution is 2.39. The fourth-order valence-corrected chi connectivity index (χ4v) is 4.90. The summed E-state index contributed by atoms with van der Waals surface area (Å²) in [4.78, 5) is 11.1. The second-order valence-electron chi connectivity index (χ2n) is 7.69. The van der Waals surface area contributed by atoms with Gasteiger partial charge in [-0.1, -0.05) is 24.3 Å². The second-order valence-corrected chi connectivity index (χ2v) is 8.54. The summed E-state index contributed by atoms with van der Waals surface area (Å²) in [6.07, 6.45) is -1.07. The molecule has 0 fully saturated rings. The minimum absolute atomic E-state index is 0.296. The number of alkyl halides is 3. The first-order valence-electron chi connectivity index (χ1n) is 10.1. The Balaban J connectivity index is 1.65. The molecule has 2 N–H and O–H groups in total. The molecule has 1 aliphatic carbocycles. The Morgan fingerprint density at radius 3 is 2.55 bits per heavy atom. The molecule has 0 bridgehead atoms. The van der Waals surface area contributed by atoms with Crippen molar-refractivity contribution in [1.82, 2.24) is 9.78 Å². The SMILES string of the molecule is O=C(O)Cn1ncc2c1CCCC2N(c1ccc(-c2cccc(C(F)(F)F)c2)cc1)S(=O)O. The maximum absolute atomic E-state index is 13.0. The van der Waals surface area contributed by atoms with Gasteiger partial charge < -0.3 is 5.11 Å². The van der Waals surface area contributed by atoms with Crippen LogP contribution in [0.25, 0.3) is 11.1 Å². The highest BCUT2D eigenvalue weighted by Gasteiger charge is 2.33. The molecule has 1 heterocycles. The van der Waals surface area contributed by atoms with Crippen LogP contribution in [-0.4, -0.2) is 29.6 Å². The second kappa shape index (κ2) is 8.99. The van der Waals surface area contributed by atoms with Crippen molar-refractivity contribution < 1.29 is 31.8 Å². The Morgan fingerprint density at radius 2 is 1.91 bits per heavy atom. The van der Waals surface area contributed by atoms with Crippen LogP contribution in [0.4, 0.5) is 18.9 Å². The molecule has 33 heavy (non-hydrogen) atoms. The Hall–Kier alpha value is -3.18. The highest BCUT2D eigenvalue weighted by atomic mass is 32.2. The molecule has 3 aromatic rings. The number of nitrogens with zero attached hydrogens (tertiary/aromatic N) is 3. The van der Waals surface area contributed by atoms with Gasteiger partial charge in [-0.3, -0.25) is 18.3 Å². The fourth-order valence-electron chi connectivity index (χ4n) is 4.16. The van der Waals surface area contributed by atoms with E-state index < -0.39 is 35.0 Å². The van der Waals surface area contributed by atoms with Crippen LogP contribution in [-0.2, 0) is 35.2 Å². The van der Waals surface area contributed by atoms with Crippen molar-refractivity contribution in [2.24, 2.45) is 0 Å². The van der Waals surface area contributed by atoms with E-state index in [1.807, 2.05) is 0 Å². The van der Waals surface area contributed by atoms with Crippen molar-refractivity contribution in [3.8, 4) is 11.1 Å². The van der Waals surface area contributed by atoms with E-state index in [9.17, 15) is 26.7 Å². The van der Waals surface area contributed by atoms with Crippen LogP contribution >= 0.6 is 0 Å². The standard InChI is InChI=1S/C22H20F3N3O4S/c23-22(24,25)16-4-1-3-15(11-16)14-7-9-17(10-8-14)28(33(31)32)20-6-2-5-19-18(20)12-26-27(19)13-21(29)30/h1,3-4,7-12,20H,2,5-6,13H2,(H,29,30)(H,31,32). The van der Waals surface area contributed by atoms with Gasteiger partial charge in [0.25, 0.3) is 11.3 Å². The van der Waals surface area contributed by atoms with Crippen LogP contribution < -0.4 is 4.31 Å². The summed E-state index contributed by atoms with van der Waals surface area (Å²) in [5.41, 5.74) is 1.97. The number of aromatic nitrogens is 2. The van der Waals surface area contributed by atoms with Gasteiger partial charge in [-0.05, 0) is 54.7 Å². The Morgan fingerprint density at radius 1 is 1.18 bits per heavy atom. The minimum atomic E-state index is -4.45. The van der Waals surface area contributed by atoms with Gasteiger partial charge in [-0.25, -0.2) is 4.21 Å². The van der Waals surface area contributed by atoms with Gasteiger partial charge in [0.15, 0.2) is 0 Å². The van der Waals surface area contributed by atoms with Crippen LogP contribution in [0.5, 0.6) is 0 Å². The summed E-state index contributed by atoms with van der Waals surface area (Å²) in [7, 11) is 0. The Kier molecular flexibility index (Phi) is 6.26. The topological polar surface area (TPSA) is 95.7 Å². The quantitative estimate of drug-likeness (QED) is 0.501. The van der Waals surface area contributed by atoms with E-state index in [-0.39, 0.29) is 6.54 Å². The summed E-state index contributed by atoms with van der Waals surface area (Å²) in [5.74, 6) is -1.03. The number of rotatable bonds is 6. The third-order valence-electron chi connectivity index (χ3n) is 5.61. The Labute approximate surface area is 189 Å². The highest BCUT2D eigenvalue weighted by molar-refractivity contribution is 7.80. The molecule has 1 aromatic heterocycles. The normalized spacial score (nSPS) is 16.8. The number of hydrogen-bond donors (Lipinski definition) is 2. The largest absolute Gasteiger partial charge is 0.480 e. The van der Waals surface area contributed by atoms with Crippen molar-refractivity contribution in [1.29, 1.82) is 0 Å². The zero-order chi connectivity index (χ0) is 23.8. The molecule has 1 aliphatic rings. The van der Waals surface area contributed by atoms with Crippen LogP contribution in [0.3, 0.4) is 0 Å². The zero-order valence-corrected chi connectivity index (χ0v) is 18.0. The number of aliphatic carboxylic acids is 1. The van der Waals surface area contributed by atoms with Crippen molar-refractivity contribution in [3.63, 3.8) is 0 Å². The lowest BCUT2D eigenvalue weighted by atomic mass is 9.92. The first-order valence-corrected chi connectivity index (χ1v) is 11.2. The Bertz CT molecular complexity index is 1190. The summed E-state index contributed by atoms with van der Waals surface area (Å²) >= 11 is -2.40. The maximum Gasteiger partial charge on any atom is 0.416 e. The molecule has 0 aliphatic heterocycles. The van der Waals surface area contributed by atoms with E-state index in [1.165, 1.54) is 21.3 Å². The minimum Gasteiger partial charge on any atom is -0.480 e. The van der Waals surface area contributed by atoms with E-state index in [0.717, 1.165) is 12.1 Å². The van der Waals surface area contributed by atoms with Crippen LogP contribution in [0.1, 0.15) is 35.7 Å². The molecule has 2 aromatic carbocycles. The van der Waals surface area contributed by atoms with Gasteiger partial charge in [0, 0.05) is 11.3 Å². The lowest BCUT2D eigenvalue weighted by Gasteiger charge is -2.33. The number of carboxylic acid groups (broad SMARTS) is 1. The monoisotopic (exact) mass is 479 g/mol. The lowest BCUT2D eigenvalue weighted by Crippen LogP contribution is -2.33. The first-order chi connectivity index (χ1) is 15.6. The summed E-state index contributed by atoms with van der Waals surface area (Å²) in [6.45, 7) is -0.296. The number of carbonyl (C=O) groups is 1. The molecular weight excluding hydrogens is 459 g/mol. The number of benzene rings is 2. The molecule has 2 atom stereocenters. The van der Waals surface area contributed by atoms with Crippen molar-refractivity contribution >= 4 is 22.9 Å². The van der Waals surface area contributed by atoms with Gasteiger partial charge in [-0.15, -0.1) is 0 Å². The number of halogens is 3. The molecule has 0 saturated carbocycles. The van der Waals surface area contributed by atoms with Crippen LogP contribution in [0.15, 0.2) is 54.7 Å². The van der Waals surface area contributed by atoms with E-state index in [2.05, 4.69) is 5.10 Å².